The molecule has 0 aliphatic carbocycles. The van der Waals surface area contributed by atoms with Gasteiger partial charge in [-0.2, -0.15) is 0 Å². The summed E-state index contributed by atoms with van der Waals surface area (Å²) in [5, 5.41) is 0. The standard InChI is InChI=1S/C13H16N2O3S2/c1-13(2,12(14)19)7-8-15-11(16)9-5-3-4-6-10(9)20(15,17)18/h3-6H,7-8H2,1-2H3,(H2,14,19). The van der Waals surface area contributed by atoms with Gasteiger partial charge in [-0.15, -0.1) is 0 Å². The van der Waals surface area contributed by atoms with Gasteiger partial charge in [-0.05, 0) is 18.6 Å². The van der Waals surface area contributed by atoms with Crippen molar-refractivity contribution in [1.29, 1.82) is 0 Å². The summed E-state index contributed by atoms with van der Waals surface area (Å²) in [6, 6.07) is 6.22. The number of fused-ring (bicyclic) bond motifs is 1. The predicted molar refractivity (Wildman–Crippen MR) is 79.8 cm³/mol. The van der Waals surface area contributed by atoms with Crippen LogP contribution in [-0.4, -0.2) is 30.2 Å². The number of carbonyl (C=O) groups is 1. The molecule has 0 spiro atoms. The number of amides is 1. The summed E-state index contributed by atoms with van der Waals surface area (Å²) in [6.45, 7) is 3.73. The van der Waals surface area contributed by atoms with E-state index in [1.165, 1.54) is 12.1 Å². The minimum atomic E-state index is -3.74. The Morgan fingerprint density at radius 2 is 1.95 bits per heavy atom. The fourth-order valence-electron chi connectivity index (χ4n) is 1.96. The molecule has 1 heterocycles. The largest absolute Gasteiger partial charge is 0.393 e. The quantitative estimate of drug-likeness (QED) is 0.853. The maximum absolute atomic E-state index is 12.3. The van der Waals surface area contributed by atoms with Crippen molar-refractivity contribution in [1.82, 2.24) is 4.31 Å². The first kappa shape index (κ1) is 14.9. The van der Waals surface area contributed by atoms with Crippen LogP contribution in [0.1, 0.15) is 30.6 Å². The Morgan fingerprint density at radius 3 is 2.50 bits per heavy atom. The van der Waals surface area contributed by atoms with Crippen LogP contribution in [0.4, 0.5) is 0 Å². The van der Waals surface area contributed by atoms with E-state index >= 15 is 0 Å². The highest BCUT2D eigenvalue weighted by Crippen LogP contribution is 2.31. The monoisotopic (exact) mass is 312 g/mol. The smallest absolute Gasteiger partial charge is 0.269 e. The first-order valence-corrected chi connectivity index (χ1v) is 7.99. The fraction of sp³-hybridized carbons (Fsp3) is 0.385. The Kier molecular flexibility index (Phi) is 3.60. The lowest BCUT2D eigenvalue weighted by Gasteiger charge is -2.25. The summed E-state index contributed by atoms with van der Waals surface area (Å²) in [4.78, 5) is 12.6. The first-order valence-electron chi connectivity index (χ1n) is 6.14. The highest BCUT2D eigenvalue weighted by atomic mass is 32.2. The molecule has 0 aromatic heterocycles. The zero-order valence-corrected chi connectivity index (χ0v) is 12.9. The lowest BCUT2D eigenvalue weighted by atomic mass is 9.89. The lowest BCUT2D eigenvalue weighted by Crippen LogP contribution is -2.37. The van der Waals surface area contributed by atoms with Crippen molar-refractivity contribution in [3.05, 3.63) is 29.8 Å². The molecule has 0 saturated carbocycles. The third-order valence-electron chi connectivity index (χ3n) is 3.52. The maximum atomic E-state index is 12.3. The Labute approximate surface area is 123 Å². The molecule has 1 aliphatic rings. The zero-order valence-electron chi connectivity index (χ0n) is 11.3. The minimum absolute atomic E-state index is 0.0677. The lowest BCUT2D eigenvalue weighted by molar-refractivity contribution is 0.0865. The average Bonchev–Trinajstić information content (AvgIpc) is 2.56. The van der Waals surface area contributed by atoms with E-state index in [4.69, 9.17) is 18.0 Å². The van der Waals surface area contributed by atoms with Crippen molar-refractivity contribution in [2.45, 2.75) is 25.2 Å². The van der Waals surface area contributed by atoms with Crippen LogP contribution in [0.5, 0.6) is 0 Å². The summed E-state index contributed by atoms with van der Waals surface area (Å²) in [5.74, 6) is -0.487. The number of benzene rings is 1. The molecule has 1 aliphatic heterocycles. The number of nitrogens with zero attached hydrogens (tertiary/aromatic N) is 1. The average molecular weight is 312 g/mol. The number of carbonyl (C=O) groups excluding carboxylic acids is 1. The molecular formula is C13H16N2O3S2. The van der Waals surface area contributed by atoms with Gasteiger partial charge >= 0.3 is 0 Å². The Balaban J connectivity index is 2.29. The zero-order chi connectivity index (χ0) is 15.1. The SMILES string of the molecule is CC(C)(CCN1C(=O)c2ccccc2S1(=O)=O)C(N)=S. The molecule has 0 saturated heterocycles. The summed E-state index contributed by atoms with van der Waals surface area (Å²) in [5.41, 5.74) is 5.34. The molecule has 5 nitrogen and oxygen atoms in total. The summed E-state index contributed by atoms with van der Waals surface area (Å²) in [7, 11) is -3.74. The summed E-state index contributed by atoms with van der Waals surface area (Å²) < 4.78 is 25.5. The van der Waals surface area contributed by atoms with Crippen molar-refractivity contribution >= 4 is 33.1 Å². The second kappa shape index (κ2) is 4.82. The van der Waals surface area contributed by atoms with Crippen LogP contribution < -0.4 is 5.73 Å². The second-order valence-electron chi connectivity index (χ2n) is 5.38. The van der Waals surface area contributed by atoms with Crippen LogP contribution >= 0.6 is 12.2 Å². The van der Waals surface area contributed by atoms with Crippen molar-refractivity contribution in [2.75, 3.05) is 6.54 Å². The predicted octanol–water partition coefficient (Wildman–Crippen LogP) is 1.53. The molecule has 20 heavy (non-hydrogen) atoms. The molecule has 2 N–H and O–H groups in total. The normalized spacial score (nSPS) is 17.1. The second-order valence-corrected chi connectivity index (χ2v) is 7.65. The number of sulfonamides is 1. The fourth-order valence-corrected chi connectivity index (χ4v) is 3.63. The third-order valence-corrected chi connectivity index (χ3v) is 5.91. The van der Waals surface area contributed by atoms with Crippen LogP contribution in [0, 0.1) is 5.41 Å². The van der Waals surface area contributed by atoms with Gasteiger partial charge in [0.05, 0.1) is 10.6 Å². The summed E-state index contributed by atoms with van der Waals surface area (Å²) in [6.07, 6.45) is 0.390. The molecule has 7 heteroatoms. The molecule has 0 atom stereocenters. The molecular weight excluding hydrogens is 296 g/mol. The van der Waals surface area contributed by atoms with Gasteiger partial charge < -0.3 is 5.73 Å². The maximum Gasteiger partial charge on any atom is 0.269 e. The van der Waals surface area contributed by atoms with Crippen molar-refractivity contribution in [2.24, 2.45) is 11.1 Å². The molecule has 0 fully saturated rings. The van der Waals surface area contributed by atoms with Gasteiger partial charge in [-0.1, -0.05) is 38.2 Å². The van der Waals surface area contributed by atoms with Gasteiger partial charge in [-0.3, -0.25) is 4.79 Å². The van der Waals surface area contributed by atoms with Gasteiger partial charge in [0.25, 0.3) is 15.9 Å². The third kappa shape index (κ3) is 2.31. The highest BCUT2D eigenvalue weighted by Gasteiger charge is 2.41. The van der Waals surface area contributed by atoms with Crippen LogP contribution in [0.2, 0.25) is 0 Å². The first-order chi connectivity index (χ1) is 9.18. The number of rotatable bonds is 4. The summed E-state index contributed by atoms with van der Waals surface area (Å²) >= 11 is 4.95. The number of hydrogen-bond acceptors (Lipinski definition) is 4. The van der Waals surface area contributed by atoms with E-state index in [1.54, 1.807) is 12.1 Å². The van der Waals surface area contributed by atoms with E-state index < -0.39 is 21.3 Å². The van der Waals surface area contributed by atoms with E-state index in [1.807, 2.05) is 13.8 Å². The van der Waals surface area contributed by atoms with Gasteiger partial charge in [0.1, 0.15) is 4.90 Å². The molecule has 0 radical (unpaired) electrons. The topological polar surface area (TPSA) is 80.5 Å². The van der Waals surface area contributed by atoms with Gasteiger partial charge in [0.15, 0.2) is 0 Å². The molecule has 1 amide bonds. The number of nitrogens with two attached hydrogens (primary N) is 1. The molecule has 0 bridgehead atoms. The van der Waals surface area contributed by atoms with E-state index in [0.717, 1.165) is 4.31 Å². The van der Waals surface area contributed by atoms with Gasteiger partial charge in [0.2, 0.25) is 0 Å². The molecule has 108 valence electrons. The van der Waals surface area contributed by atoms with Crippen molar-refractivity contribution < 1.29 is 13.2 Å². The van der Waals surface area contributed by atoms with Crippen LogP contribution in [0.3, 0.4) is 0 Å². The molecule has 0 unspecified atom stereocenters. The molecule has 2 rings (SSSR count). The number of thiocarbonyl (C=S) groups is 1. The highest BCUT2D eigenvalue weighted by molar-refractivity contribution is 7.90. The Bertz CT molecular complexity index is 681. The van der Waals surface area contributed by atoms with Crippen LogP contribution in [0.15, 0.2) is 29.2 Å². The minimum Gasteiger partial charge on any atom is -0.393 e. The number of hydrogen-bond donors (Lipinski definition) is 1. The van der Waals surface area contributed by atoms with E-state index in [0.29, 0.717) is 11.4 Å². The van der Waals surface area contributed by atoms with E-state index in [9.17, 15) is 13.2 Å². The Morgan fingerprint density at radius 1 is 1.35 bits per heavy atom. The van der Waals surface area contributed by atoms with Gasteiger partial charge in [0, 0.05) is 12.0 Å². The van der Waals surface area contributed by atoms with Crippen molar-refractivity contribution in [3.63, 3.8) is 0 Å². The van der Waals surface area contributed by atoms with E-state index in [2.05, 4.69) is 0 Å². The van der Waals surface area contributed by atoms with Crippen LogP contribution in [0.25, 0.3) is 0 Å². The van der Waals surface area contributed by atoms with E-state index in [-0.39, 0.29) is 17.0 Å². The van der Waals surface area contributed by atoms with Gasteiger partial charge in [-0.25, -0.2) is 12.7 Å². The van der Waals surface area contributed by atoms with Crippen molar-refractivity contribution in [3.8, 4) is 0 Å². The van der Waals surface area contributed by atoms with Crippen LogP contribution in [-0.2, 0) is 10.0 Å². The Hall–Kier alpha value is -1.47. The molecule has 1 aromatic carbocycles. The molecule has 1 aromatic rings.